The normalized spacial score (nSPS) is 12.1. The third-order valence-electron chi connectivity index (χ3n) is 4.99. The van der Waals surface area contributed by atoms with E-state index in [1.807, 2.05) is 0 Å². The van der Waals surface area contributed by atoms with Crippen LogP contribution in [0.15, 0.2) is 0 Å². The molecule has 1 atom stereocenters. The Hall–Kier alpha value is -0.900. The average molecular weight is 369 g/mol. The van der Waals surface area contributed by atoms with Gasteiger partial charge in [0.15, 0.2) is 0 Å². The van der Waals surface area contributed by atoms with Gasteiger partial charge in [0.2, 0.25) is 5.91 Å². The number of nitrogens with one attached hydrogen (secondary N) is 1. The minimum atomic E-state index is -0.337. The monoisotopic (exact) mass is 368 g/mol. The van der Waals surface area contributed by atoms with Gasteiger partial charge in [-0.3, -0.25) is 4.79 Å². The summed E-state index contributed by atoms with van der Waals surface area (Å²) in [5.74, 6) is 0.0120. The lowest BCUT2D eigenvalue weighted by molar-refractivity contribution is -0.124. The fraction of sp³-hybridized carbons (Fsp3) is 0.909. The summed E-state index contributed by atoms with van der Waals surface area (Å²) in [4.78, 5) is 22.8. The lowest BCUT2D eigenvalue weighted by atomic mass is 10.0. The lowest BCUT2D eigenvalue weighted by Gasteiger charge is -2.12. The number of aldehydes is 1. The van der Waals surface area contributed by atoms with Crippen LogP contribution in [0.25, 0.3) is 0 Å². The highest BCUT2D eigenvalue weighted by Crippen LogP contribution is 2.13. The summed E-state index contributed by atoms with van der Waals surface area (Å²) < 4.78 is 0. The van der Waals surface area contributed by atoms with Gasteiger partial charge >= 0.3 is 0 Å². The number of nitrogens with two attached hydrogens (primary N) is 1. The number of rotatable bonds is 20. The minimum Gasteiger partial charge on any atom is -0.347 e. The molecule has 0 bridgehead atoms. The molecule has 4 nitrogen and oxygen atoms in total. The highest BCUT2D eigenvalue weighted by Gasteiger charge is 2.10. The third-order valence-corrected chi connectivity index (χ3v) is 4.99. The third kappa shape index (κ3) is 17.9. The zero-order chi connectivity index (χ0) is 19.3. The van der Waals surface area contributed by atoms with Gasteiger partial charge in [0.25, 0.3) is 0 Å². The van der Waals surface area contributed by atoms with Crippen molar-refractivity contribution in [3.8, 4) is 0 Å². The maximum Gasteiger partial charge on any atom is 0.220 e. The van der Waals surface area contributed by atoms with Crippen LogP contribution >= 0.6 is 0 Å². The largest absolute Gasteiger partial charge is 0.347 e. The van der Waals surface area contributed by atoms with E-state index in [-0.39, 0.29) is 11.9 Å². The Labute approximate surface area is 162 Å². The second-order valence-corrected chi connectivity index (χ2v) is 7.59. The Morgan fingerprint density at radius 3 is 1.77 bits per heavy atom. The van der Waals surface area contributed by atoms with E-state index in [4.69, 9.17) is 5.73 Å². The van der Waals surface area contributed by atoms with E-state index in [0.29, 0.717) is 19.4 Å². The number of carbonyl (C=O) groups excluding carboxylic acids is 2. The SMILES string of the molecule is CCCCCCCCCCCCCCCC(=O)N[C@H](C=O)CCCCN. The van der Waals surface area contributed by atoms with Gasteiger partial charge in [-0.15, -0.1) is 0 Å². The van der Waals surface area contributed by atoms with Crippen LogP contribution in [0.2, 0.25) is 0 Å². The van der Waals surface area contributed by atoms with Crippen LogP contribution in [0.3, 0.4) is 0 Å². The standard InChI is InChI=1S/C22H44N2O2/c1-2-3-4-5-6-7-8-9-10-11-12-13-14-18-22(26)24-21(20-25)17-15-16-19-23/h20-21H,2-19,23H2,1H3,(H,24,26)/t21-/m0/s1. The molecule has 0 aromatic heterocycles. The number of carbonyl (C=O) groups is 2. The molecule has 0 aliphatic carbocycles. The van der Waals surface area contributed by atoms with Crippen molar-refractivity contribution in [1.82, 2.24) is 5.32 Å². The molecular formula is C22H44N2O2. The van der Waals surface area contributed by atoms with E-state index in [1.54, 1.807) is 0 Å². The molecule has 4 heteroatoms. The summed E-state index contributed by atoms with van der Waals surface area (Å²) in [5, 5.41) is 2.82. The molecule has 3 N–H and O–H groups in total. The first-order valence-corrected chi connectivity index (χ1v) is 11.2. The van der Waals surface area contributed by atoms with Crippen molar-refractivity contribution >= 4 is 12.2 Å². The van der Waals surface area contributed by atoms with Gasteiger partial charge in [0, 0.05) is 6.42 Å². The number of hydrogen-bond donors (Lipinski definition) is 2. The molecule has 0 aliphatic rings. The summed E-state index contributed by atoms with van der Waals surface area (Å²) in [6.45, 7) is 2.90. The van der Waals surface area contributed by atoms with Gasteiger partial charge in [-0.1, -0.05) is 84.0 Å². The van der Waals surface area contributed by atoms with E-state index >= 15 is 0 Å². The Kier molecular flexibility index (Phi) is 19.7. The number of unbranched alkanes of at least 4 members (excludes halogenated alkanes) is 13. The summed E-state index contributed by atoms with van der Waals surface area (Å²) in [6.07, 6.45) is 20.8. The predicted octanol–water partition coefficient (Wildman–Crippen LogP) is 5.28. The first kappa shape index (κ1) is 25.1. The zero-order valence-corrected chi connectivity index (χ0v) is 17.3. The van der Waals surface area contributed by atoms with Crippen LogP contribution in [0.5, 0.6) is 0 Å². The molecule has 0 heterocycles. The molecule has 0 aromatic carbocycles. The Balaban J connectivity index is 3.35. The Bertz CT molecular complexity index is 321. The molecule has 0 saturated carbocycles. The molecule has 0 radical (unpaired) electrons. The van der Waals surface area contributed by atoms with Crippen molar-refractivity contribution in [2.24, 2.45) is 5.73 Å². The van der Waals surface area contributed by atoms with Crippen LogP contribution in [0, 0.1) is 0 Å². The number of amides is 1. The second kappa shape index (κ2) is 20.4. The molecule has 0 fully saturated rings. The van der Waals surface area contributed by atoms with Gasteiger partial charge in [-0.25, -0.2) is 0 Å². The fourth-order valence-corrected chi connectivity index (χ4v) is 3.27. The first-order valence-electron chi connectivity index (χ1n) is 11.2. The van der Waals surface area contributed by atoms with Crippen LogP contribution in [-0.2, 0) is 9.59 Å². The van der Waals surface area contributed by atoms with Gasteiger partial charge in [0.1, 0.15) is 6.29 Å². The van der Waals surface area contributed by atoms with Crippen molar-refractivity contribution in [2.45, 2.75) is 122 Å². The Morgan fingerprint density at radius 1 is 0.808 bits per heavy atom. The van der Waals surface area contributed by atoms with E-state index in [0.717, 1.165) is 32.0 Å². The lowest BCUT2D eigenvalue weighted by Crippen LogP contribution is -2.35. The minimum absolute atomic E-state index is 0.0120. The molecule has 0 rings (SSSR count). The van der Waals surface area contributed by atoms with Crippen LogP contribution in [0.4, 0.5) is 0 Å². The highest BCUT2D eigenvalue weighted by molar-refractivity contribution is 5.79. The van der Waals surface area contributed by atoms with Crippen LogP contribution in [0.1, 0.15) is 116 Å². The van der Waals surface area contributed by atoms with E-state index in [1.165, 1.54) is 70.6 Å². The second-order valence-electron chi connectivity index (χ2n) is 7.59. The molecule has 154 valence electrons. The van der Waals surface area contributed by atoms with E-state index in [2.05, 4.69) is 12.2 Å². The van der Waals surface area contributed by atoms with E-state index in [9.17, 15) is 9.59 Å². The molecule has 0 saturated heterocycles. The van der Waals surface area contributed by atoms with Crippen molar-refractivity contribution in [3.05, 3.63) is 0 Å². The number of hydrogen-bond acceptors (Lipinski definition) is 3. The summed E-state index contributed by atoms with van der Waals surface area (Å²) in [5.41, 5.74) is 5.44. The quantitative estimate of drug-likeness (QED) is 0.227. The van der Waals surface area contributed by atoms with Gasteiger partial charge in [0.05, 0.1) is 6.04 Å². The fourth-order valence-electron chi connectivity index (χ4n) is 3.27. The maximum atomic E-state index is 11.9. The molecule has 0 aromatic rings. The molecule has 0 aliphatic heterocycles. The summed E-state index contributed by atoms with van der Waals surface area (Å²) >= 11 is 0. The predicted molar refractivity (Wildman–Crippen MR) is 111 cm³/mol. The van der Waals surface area contributed by atoms with Gasteiger partial charge in [-0.2, -0.15) is 0 Å². The highest BCUT2D eigenvalue weighted by atomic mass is 16.2. The summed E-state index contributed by atoms with van der Waals surface area (Å²) in [7, 11) is 0. The van der Waals surface area contributed by atoms with Crippen molar-refractivity contribution in [3.63, 3.8) is 0 Å². The van der Waals surface area contributed by atoms with Crippen LogP contribution < -0.4 is 11.1 Å². The van der Waals surface area contributed by atoms with Crippen molar-refractivity contribution < 1.29 is 9.59 Å². The topological polar surface area (TPSA) is 72.2 Å². The zero-order valence-electron chi connectivity index (χ0n) is 17.3. The van der Waals surface area contributed by atoms with Gasteiger partial charge in [-0.05, 0) is 32.2 Å². The maximum absolute atomic E-state index is 11.9. The van der Waals surface area contributed by atoms with Crippen LogP contribution in [-0.4, -0.2) is 24.8 Å². The first-order chi connectivity index (χ1) is 12.7. The molecule has 26 heavy (non-hydrogen) atoms. The molecule has 0 spiro atoms. The average Bonchev–Trinajstić information content (AvgIpc) is 2.64. The smallest absolute Gasteiger partial charge is 0.220 e. The van der Waals surface area contributed by atoms with Crippen molar-refractivity contribution in [2.75, 3.05) is 6.54 Å². The molecule has 0 unspecified atom stereocenters. The molecular weight excluding hydrogens is 324 g/mol. The summed E-state index contributed by atoms with van der Waals surface area (Å²) in [6, 6.07) is -0.337. The van der Waals surface area contributed by atoms with Crippen molar-refractivity contribution in [1.29, 1.82) is 0 Å². The Morgan fingerprint density at radius 2 is 1.31 bits per heavy atom. The van der Waals surface area contributed by atoms with E-state index < -0.39 is 0 Å². The molecule has 1 amide bonds. The van der Waals surface area contributed by atoms with Gasteiger partial charge < -0.3 is 15.8 Å².